The number of carbonyl (C=O) groups excluding carboxylic acids is 1. The molecule has 0 spiro atoms. The Hall–Kier alpha value is 0.0400. The van der Waals surface area contributed by atoms with Gasteiger partial charge < -0.3 is 5.73 Å². The van der Waals surface area contributed by atoms with E-state index in [9.17, 15) is 4.79 Å². The second-order valence-corrected chi connectivity index (χ2v) is 2.81. The van der Waals surface area contributed by atoms with Crippen molar-refractivity contribution in [2.75, 3.05) is 5.73 Å². The fourth-order valence-electron chi connectivity index (χ4n) is 0.774. The Kier molecular flexibility index (Phi) is 4.94. The summed E-state index contributed by atoms with van der Waals surface area (Å²) in [6.07, 6.45) is 0. The van der Waals surface area contributed by atoms with E-state index >= 15 is 0 Å². The third kappa shape index (κ3) is 2.83. The molecule has 0 saturated carbocycles. The molecule has 0 bridgehead atoms. The molecule has 0 heterocycles. The second-order valence-electron chi connectivity index (χ2n) is 2.33. The maximum Gasteiger partial charge on any atom is 0.159 e. The standard InChI is InChI=1S/C8H9NOS.Na/c1-5(10)6-2-3-8(11)7(9)4-6;/h2-4,11H,9H2,1H3;. The molecule has 0 fully saturated rings. The summed E-state index contributed by atoms with van der Waals surface area (Å²) in [7, 11) is 0. The van der Waals surface area contributed by atoms with Crippen LogP contribution >= 0.6 is 12.6 Å². The number of anilines is 1. The first-order valence-corrected chi connectivity index (χ1v) is 3.65. The molecule has 4 heteroatoms. The number of Topliss-reactive ketones (excluding diaryl/α,β-unsaturated/α-hetero) is 1. The summed E-state index contributed by atoms with van der Waals surface area (Å²) >= 11 is 4.08. The van der Waals surface area contributed by atoms with Crippen LogP contribution in [0.5, 0.6) is 0 Å². The predicted molar refractivity (Wildman–Crippen MR) is 53.9 cm³/mol. The van der Waals surface area contributed by atoms with Crippen molar-refractivity contribution in [3.05, 3.63) is 23.8 Å². The van der Waals surface area contributed by atoms with Gasteiger partial charge in [0, 0.05) is 45.7 Å². The van der Waals surface area contributed by atoms with Gasteiger partial charge in [0.25, 0.3) is 0 Å². The predicted octanol–water partition coefficient (Wildman–Crippen LogP) is 1.38. The maximum atomic E-state index is 10.8. The fourth-order valence-corrected chi connectivity index (χ4v) is 0.913. The molecule has 59 valence electrons. The summed E-state index contributed by atoms with van der Waals surface area (Å²) in [5, 5.41) is 0. The first-order valence-electron chi connectivity index (χ1n) is 3.20. The molecule has 1 rings (SSSR count). The first kappa shape index (κ1) is 12.0. The number of rotatable bonds is 1. The van der Waals surface area contributed by atoms with Gasteiger partial charge in [0.2, 0.25) is 0 Å². The molecule has 0 aliphatic rings. The minimum atomic E-state index is 0. The molecule has 12 heavy (non-hydrogen) atoms. The summed E-state index contributed by atoms with van der Waals surface area (Å²) < 4.78 is 0. The number of nitrogen functional groups attached to an aromatic ring is 1. The quantitative estimate of drug-likeness (QED) is 0.304. The van der Waals surface area contributed by atoms with Gasteiger partial charge in [-0.25, -0.2) is 0 Å². The Morgan fingerprint density at radius 1 is 1.50 bits per heavy atom. The summed E-state index contributed by atoms with van der Waals surface area (Å²) in [5.74, 6) is 0.0185. The van der Waals surface area contributed by atoms with Crippen LogP contribution in [0.1, 0.15) is 17.3 Å². The van der Waals surface area contributed by atoms with Crippen molar-refractivity contribution in [1.82, 2.24) is 0 Å². The molecule has 1 aromatic rings. The van der Waals surface area contributed by atoms with Gasteiger partial charge in [0.15, 0.2) is 5.78 Å². The smallest absolute Gasteiger partial charge is 0.159 e. The summed E-state index contributed by atoms with van der Waals surface area (Å²) in [5.41, 5.74) is 6.70. The van der Waals surface area contributed by atoms with E-state index in [1.807, 2.05) is 0 Å². The van der Waals surface area contributed by atoms with Crippen LogP contribution in [-0.2, 0) is 0 Å². The number of nitrogens with two attached hydrogens (primary N) is 1. The number of carbonyl (C=O) groups is 1. The zero-order valence-corrected chi connectivity index (χ0v) is 10.1. The number of ketones is 1. The Morgan fingerprint density at radius 2 is 2.08 bits per heavy atom. The van der Waals surface area contributed by atoms with E-state index in [4.69, 9.17) is 5.73 Å². The molecular formula is C8H9NNaOS. The third-order valence-corrected chi connectivity index (χ3v) is 1.84. The zero-order valence-electron chi connectivity index (χ0n) is 7.16. The van der Waals surface area contributed by atoms with Crippen molar-refractivity contribution in [3.63, 3.8) is 0 Å². The zero-order chi connectivity index (χ0) is 8.43. The maximum absolute atomic E-state index is 10.8. The molecule has 0 saturated heterocycles. The normalized spacial score (nSPS) is 8.83. The van der Waals surface area contributed by atoms with Gasteiger partial charge in [-0.15, -0.1) is 12.6 Å². The number of hydrogen-bond donors (Lipinski definition) is 2. The van der Waals surface area contributed by atoms with Crippen molar-refractivity contribution in [1.29, 1.82) is 0 Å². The van der Waals surface area contributed by atoms with E-state index < -0.39 is 0 Å². The van der Waals surface area contributed by atoms with Gasteiger partial charge in [-0.1, -0.05) is 6.07 Å². The van der Waals surface area contributed by atoms with Crippen molar-refractivity contribution in [2.24, 2.45) is 0 Å². The molecule has 0 aliphatic heterocycles. The minimum Gasteiger partial charge on any atom is -0.398 e. The summed E-state index contributed by atoms with van der Waals surface area (Å²) in [4.78, 5) is 11.5. The molecule has 0 amide bonds. The molecule has 1 radical (unpaired) electrons. The Balaban J connectivity index is 0.00000121. The van der Waals surface area contributed by atoms with Crippen LogP contribution < -0.4 is 5.73 Å². The van der Waals surface area contributed by atoms with Gasteiger partial charge in [-0.3, -0.25) is 4.79 Å². The van der Waals surface area contributed by atoms with Crippen molar-refractivity contribution < 1.29 is 4.79 Å². The molecule has 2 N–H and O–H groups in total. The number of benzene rings is 1. The van der Waals surface area contributed by atoms with Gasteiger partial charge in [-0.2, -0.15) is 0 Å². The minimum absolute atomic E-state index is 0. The number of thiol groups is 1. The van der Waals surface area contributed by atoms with Gasteiger partial charge in [0.1, 0.15) is 0 Å². The van der Waals surface area contributed by atoms with Crippen LogP contribution in [0.4, 0.5) is 5.69 Å². The fraction of sp³-hybridized carbons (Fsp3) is 0.125. The summed E-state index contributed by atoms with van der Waals surface area (Å²) in [6.45, 7) is 1.51. The third-order valence-electron chi connectivity index (χ3n) is 1.43. The molecule has 0 aromatic heterocycles. The Bertz CT molecular complexity index is 301. The van der Waals surface area contributed by atoms with E-state index in [1.54, 1.807) is 18.2 Å². The monoisotopic (exact) mass is 190 g/mol. The van der Waals surface area contributed by atoms with E-state index in [-0.39, 0.29) is 35.3 Å². The van der Waals surface area contributed by atoms with E-state index in [0.29, 0.717) is 16.1 Å². The average Bonchev–Trinajstić information content (AvgIpc) is 1.94. The molecule has 2 nitrogen and oxygen atoms in total. The van der Waals surface area contributed by atoms with E-state index in [2.05, 4.69) is 12.6 Å². The van der Waals surface area contributed by atoms with Gasteiger partial charge >= 0.3 is 0 Å². The molecular weight excluding hydrogens is 181 g/mol. The molecule has 0 unspecified atom stereocenters. The molecule has 1 aromatic carbocycles. The SMILES string of the molecule is CC(=O)c1ccc(S)c(N)c1.[Na]. The van der Waals surface area contributed by atoms with Gasteiger partial charge in [-0.05, 0) is 19.1 Å². The van der Waals surface area contributed by atoms with Crippen LogP contribution in [0, 0.1) is 0 Å². The average molecular weight is 190 g/mol. The van der Waals surface area contributed by atoms with Gasteiger partial charge in [0.05, 0.1) is 0 Å². The Labute approximate surface area is 99.2 Å². The van der Waals surface area contributed by atoms with Crippen LogP contribution in [-0.4, -0.2) is 35.3 Å². The second kappa shape index (κ2) is 4.92. The topological polar surface area (TPSA) is 43.1 Å². The van der Waals surface area contributed by atoms with Crippen LogP contribution in [0.15, 0.2) is 23.1 Å². The van der Waals surface area contributed by atoms with E-state index in [0.717, 1.165) is 0 Å². The van der Waals surface area contributed by atoms with Crippen molar-refractivity contribution >= 4 is 53.7 Å². The molecule has 0 aliphatic carbocycles. The number of hydrogen-bond acceptors (Lipinski definition) is 3. The van der Waals surface area contributed by atoms with Crippen LogP contribution in [0.25, 0.3) is 0 Å². The van der Waals surface area contributed by atoms with Crippen LogP contribution in [0.2, 0.25) is 0 Å². The largest absolute Gasteiger partial charge is 0.398 e. The van der Waals surface area contributed by atoms with Crippen molar-refractivity contribution in [2.45, 2.75) is 11.8 Å². The summed E-state index contributed by atoms with van der Waals surface area (Å²) in [6, 6.07) is 5.06. The molecule has 0 atom stereocenters. The van der Waals surface area contributed by atoms with Crippen LogP contribution in [0.3, 0.4) is 0 Å². The van der Waals surface area contributed by atoms with E-state index in [1.165, 1.54) is 6.92 Å². The Morgan fingerprint density at radius 3 is 2.50 bits per heavy atom. The van der Waals surface area contributed by atoms with Crippen molar-refractivity contribution in [3.8, 4) is 0 Å². The first-order chi connectivity index (χ1) is 5.11.